The number of carbonyl (C=O) groups excluding carboxylic acids is 1. The lowest BCUT2D eigenvalue weighted by Gasteiger charge is -2.08. The van der Waals surface area contributed by atoms with Crippen LogP contribution in [-0.2, 0) is 10.9 Å². The first-order valence-corrected chi connectivity index (χ1v) is 5.28. The fraction of sp³-hybridized carbons (Fsp3) is 0.182. The van der Waals surface area contributed by atoms with E-state index in [-0.39, 0.29) is 5.69 Å². The van der Waals surface area contributed by atoms with Crippen LogP contribution in [-0.4, -0.2) is 28.1 Å². The van der Waals surface area contributed by atoms with Crippen molar-refractivity contribution in [3.8, 4) is 5.69 Å². The normalized spacial score (nSPS) is 11.4. The summed E-state index contributed by atoms with van der Waals surface area (Å²) in [5.41, 5.74) is -2.44. The molecule has 1 N–H and O–H groups in total. The molecule has 20 heavy (non-hydrogen) atoms. The molecule has 0 amide bonds. The van der Waals surface area contributed by atoms with Gasteiger partial charge in [-0.3, -0.25) is 4.79 Å². The second-order valence-electron chi connectivity index (χ2n) is 3.74. The quantitative estimate of drug-likeness (QED) is 0.846. The SMILES string of the molecule is COC(=O)c1n[nH]n(-c2cccc(C(F)(F)F)c2)c1=O. The average Bonchev–Trinajstić information content (AvgIpc) is 2.79. The lowest BCUT2D eigenvalue weighted by atomic mass is 10.2. The van der Waals surface area contributed by atoms with Crippen LogP contribution in [0.15, 0.2) is 29.1 Å². The third-order valence-corrected chi connectivity index (χ3v) is 2.48. The Morgan fingerprint density at radius 3 is 2.70 bits per heavy atom. The van der Waals surface area contributed by atoms with Crippen molar-refractivity contribution in [3.63, 3.8) is 0 Å². The Morgan fingerprint density at radius 1 is 1.40 bits per heavy atom. The van der Waals surface area contributed by atoms with Gasteiger partial charge in [0.15, 0.2) is 0 Å². The van der Waals surface area contributed by atoms with Crippen LogP contribution in [0.1, 0.15) is 16.1 Å². The van der Waals surface area contributed by atoms with E-state index >= 15 is 0 Å². The van der Waals surface area contributed by atoms with Gasteiger partial charge in [-0.25, -0.2) is 14.7 Å². The number of methoxy groups -OCH3 is 1. The molecule has 0 atom stereocenters. The van der Waals surface area contributed by atoms with Crippen molar-refractivity contribution < 1.29 is 22.7 Å². The maximum absolute atomic E-state index is 12.6. The van der Waals surface area contributed by atoms with Gasteiger partial charge in [0, 0.05) is 0 Å². The van der Waals surface area contributed by atoms with E-state index in [1.165, 1.54) is 6.07 Å². The number of hydrogen-bond acceptors (Lipinski definition) is 4. The number of nitrogens with zero attached hydrogens (tertiary/aromatic N) is 2. The van der Waals surface area contributed by atoms with Crippen molar-refractivity contribution in [1.29, 1.82) is 0 Å². The number of esters is 1. The van der Waals surface area contributed by atoms with Crippen molar-refractivity contribution in [3.05, 3.63) is 45.9 Å². The highest BCUT2D eigenvalue weighted by atomic mass is 19.4. The second kappa shape index (κ2) is 4.83. The number of ether oxygens (including phenoxy) is 1. The minimum absolute atomic E-state index is 0.0903. The number of halogens is 3. The van der Waals surface area contributed by atoms with E-state index in [2.05, 4.69) is 15.0 Å². The van der Waals surface area contributed by atoms with E-state index in [0.717, 1.165) is 30.0 Å². The monoisotopic (exact) mass is 287 g/mol. The topological polar surface area (TPSA) is 77.0 Å². The van der Waals surface area contributed by atoms with Crippen molar-refractivity contribution in [2.45, 2.75) is 6.18 Å². The Hall–Kier alpha value is -2.58. The lowest BCUT2D eigenvalue weighted by molar-refractivity contribution is -0.137. The summed E-state index contributed by atoms with van der Waals surface area (Å²) in [6.45, 7) is 0. The van der Waals surface area contributed by atoms with Crippen LogP contribution in [0, 0.1) is 0 Å². The van der Waals surface area contributed by atoms with Gasteiger partial charge in [-0.1, -0.05) is 6.07 Å². The van der Waals surface area contributed by atoms with E-state index in [9.17, 15) is 22.8 Å². The predicted molar refractivity (Wildman–Crippen MR) is 60.5 cm³/mol. The van der Waals surface area contributed by atoms with E-state index in [1.54, 1.807) is 0 Å². The molecule has 0 unspecified atom stereocenters. The molecule has 0 aliphatic carbocycles. The number of H-pyrrole nitrogens is 1. The Balaban J connectivity index is 2.51. The second-order valence-corrected chi connectivity index (χ2v) is 3.74. The summed E-state index contributed by atoms with van der Waals surface area (Å²) in [5.74, 6) is -0.975. The van der Waals surface area contributed by atoms with Crippen LogP contribution < -0.4 is 5.56 Å². The molecule has 1 aromatic heterocycles. The number of alkyl halides is 3. The first-order chi connectivity index (χ1) is 9.34. The van der Waals surface area contributed by atoms with Gasteiger partial charge in [0.25, 0.3) is 0 Å². The Kier molecular flexibility index (Phi) is 3.35. The highest BCUT2D eigenvalue weighted by Crippen LogP contribution is 2.29. The molecule has 1 aromatic carbocycles. The smallest absolute Gasteiger partial charge is 0.416 e. The summed E-state index contributed by atoms with van der Waals surface area (Å²) in [6.07, 6.45) is -4.54. The first-order valence-electron chi connectivity index (χ1n) is 5.28. The van der Waals surface area contributed by atoms with Crippen LogP contribution >= 0.6 is 0 Å². The molecule has 106 valence electrons. The van der Waals surface area contributed by atoms with Crippen LogP contribution in [0.4, 0.5) is 13.2 Å². The summed E-state index contributed by atoms with van der Waals surface area (Å²) < 4.78 is 42.8. The van der Waals surface area contributed by atoms with Gasteiger partial charge in [-0.15, -0.1) is 5.10 Å². The van der Waals surface area contributed by atoms with Crippen molar-refractivity contribution in [1.82, 2.24) is 15.0 Å². The maximum atomic E-state index is 12.6. The van der Waals surface area contributed by atoms with Crippen LogP contribution in [0.3, 0.4) is 0 Å². The van der Waals surface area contributed by atoms with Gasteiger partial charge in [0.1, 0.15) is 0 Å². The minimum atomic E-state index is -4.54. The van der Waals surface area contributed by atoms with Crippen molar-refractivity contribution in [2.24, 2.45) is 0 Å². The number of carbonyl (C=O) groups is 1. The summed E-state index contributed by atoms with van der Waals surface area (Å²) in [7, 11) is 1.06. The molecule has 0 bridgehead atoms. The van der Waals surface area contributed by atoms with Gasteiger partial charge in [-0.05, 0) is 18.2 Å². The molecule has 0 aliphatic rings. The molecule has 0 radical (unpaired) electrons. The summed E-state index contributed by atoms with van der Waals surface area (Å²) in [4.78, 5) is 23.0. The number of hydrogen-bond donors (Lipinski definition) is 1. The van der Waals surface area contributed by atoms with E-state index in [1.807, 2.05) is 0 Å². The molecule has 6 nitrogen and oxygen atoms in total. The molecule has 0 saturated carbocycles. The van der Waals surface area contributed by atoms with Crippen LogP contribution in [0.25, 0.3) is 5.69 Å². The third kappa shape index (κ3) is 2.42. The summed E-state index contributed by atoms with van der Waals surface area (Å²) >= 11 is 0. The van der Waals surface area contributed by atoms with Gasteiger partial charge in [0.2, 0.25) is 5.69 Å². The zero-order chi connectivity index (χ0) is 14.9. The molecule has 0 fully saturated rings. The highest BCUT2D eigenvalue weighted by Gasteiger charge is 2.30. The number of rotatable bonds is 2. The van der Waals surface area contributed by atoms with E-state index < -0.39 is 29.0 Å². The molecule has 1 heterocycles. The molecule has 0 spiro atoms. The molecule has 9 heteroatoms. The summed E-state index contributed by atoms with van der Waals surface area (Å²) in [5, 5.41) is 5.59. The van der Waals surface area contributed by atoms with E-state index in [0.29, 0.717) is 0 Å². The Labute approximate surface area is 109 Å². The average molecular weight is 287 g/mol. The number of aromatic amines is 1. The molecule has 2 aromatic rings. The largest absolute Gasteiger partial charge is 0.464 e. The molecular weight excluding hydrogens is 279 g/mol. The number of nitrogens with one attached hydrogen (secondary N) is 1. The van der Waals surface area contributed by atoms with Crippen LogP contribution in [0.2, 0.25) is 0 Å². The minimum Gasteiger partial charge on any atom is -0.464 e. The molecule has 0 aliphatic heterocycles. The maximum Gasteiger partial charge on any atom is 0.416 e. The summed E-state index contributed by atoms with van der Waals surface area (Å²) in [6, 6.07) is 4.05. The van der Waals surface area contributed by atoms with Crippen LogP contribution in [0.5, 0.6) is 0 Å². The zero-order valence-corrected chi connectivity index (χ0v) is 10.1. The number of benzene rings is 1. The fourth-order valence-electron chi connectivity index (χ4n) is 1.53. The van der Waals surface area contributed by atoms with Gasteiger partial charge < -0.3 is 4.74 Å². The van der Waals surface area contributed by atoms with Gasteiger partial charge >= 0.3 is 17.7 Å². The van der Waals surface area contributed by atoms with Crippen molar-refractivity contribution >= 4 is 5.97 Å². The van der Waals surface area contributed by atoms with E-state index in [4.69, 9.17) is 0 Å². The van der Waals surface area contributed by atoms with Crippen molar-refractivity contribution in [2.75, 3.05) is 7.11 Å². The Bertz CT molecular complexity index is 703. The highest BCUT2D eigenvalue weighted by molar-refractivity contribution is 5.86. The predicted octanol–water partition coefficient (Wildman–Crippen LogP) is 1.37. The first kappa shape index (κ1) is 13.8. The molecular formula is C11H8F3N3O3. The third-order valence-electron chi connectivity index (χ3n) is 2.48. The molecule has 0 saturated heterocycles. The van der Waals surface area contributed by atoms with Gasteiger partial charge in [-0.2, -0.15) is 13.2 Å². The lowest BCUT2D eigenvalue weighted by Crippen LogP contribution is -2.21. The fourth-order valence-corrected chi connectivity index (χ4v) is 1.53. The Morgan fingerprint density at radius 2 is 2.10 bits per heavy atom. The molecule has 2 rings (SSSR count). The standard InChI is InChI=1S/C11H8F3N3O3/c1-20-10(19)8-9(18)17(16-15-8)7-4-2-3-6(5-7)11(12,13)14/h2-5,16H,1H3. The van der Waals surface area contributed by atoms with Gasteiger partial charge in [0.05, 0.1) is 18.4 Å². The number of aromatic nitrogens is 3. The zero-order valence-electron chi connectivity index (χ0n) is 10.1.